The number of aromatic nitrogens is 2. The molecule has 0 unspecified atom stereocenters. The van der Waals surface area contributed by atoms with Crippen LogP contribution in [-0.4, -0.2) is 21.6 Å². The SMILES string of the molecule is Cc1cc(N2N=C(C(C)(C)C)CC2=O)ncn1. The quantitative estimate of drug-likeness (QED) is 0.743. The van der Waals surface area contributed by atoms with Gasteiger partial charge in [-0.2, -0.15) is 10.1 Å². The van der Waals surface area contributed by atoms with E-state index in [-0.39, 0.29) is 11.3 Å². The topological polar surface area (TPSA) is 58.5 Å². The Morgan fingerprint density at radius 2 is 2.00 bits per heavy atom. The highest BCUT2D eigenvalue weighted by Gasteiger charge is 2.32. The molecule has 1 amide bonds. The lowest BCUT2D eigenvalue weighted by Crippen LogP contribution is -2.21. The molecular weight excluding hydrogens is 216 g/mol. The number of aryl methyl sites for hydroxylation is 1. The van der Waals surface area contributed by atoms with E-state index in [1.807, 2.05) is 27.7 Å². The van der Waals surface area contributed by atoms with Gasteiger partial charge in [-0.1, -0.05) is 20.8 Å². The normalized spacial score (nSPS) is 16.4. The molecule has 0 aromatic carbocycles. The van der Waals surface area contributed by atoms with Gasteiger partial charge in [-0.3, -0.25) is 4.79 Å². The minimum Gasteiger partial charge on any atom is -0.272 e. The van der Waals surface area contributed by atoms with Gasteiger partial charge in [0.2, 0.25) is 0 Å². The first-order chi connectivity index (χ1) is 7.88. The van der Waals surface area contributed by atoms with Crippen molar-refractivity contribution >= 4 is 17.4 Å². The molecule has 17 heavy (non-hydrogen) atoms. The van der Waals surface area contributed by atoms with E-state index in [4.69, 9.17) is 0 Å². The molecule has 5 nitrogen and oxygen atoms in total. The lowest BCUT2D eigenvalue weighted by Gasteiger charge is -2.16. The highest BCUT2D eigenvalue weighted by Crippen LogP contribution is 2.26. The maximum absolute atomic E-state index is 11.9. The predicted octanol–water partition coefficient (Wildman–Crippen LogP) is 1.92. The fraction of sp³-hybridized carbons (Fsp3) is 0.500. The number of rotatable bonds is 1. The zero-order chi connectivity index (χ0) is 12.6. The molecule has 0 aliphatic carbocycles. The first-order valence-electron chi connectivity index (χ1n) is 5.57. The predicted molar refractivity (Wildman–Crippen MR) is 65.8 cm³/mol. The van der Waals surface area contributed by atoms with Crippen LogP contribution in [0, 0.1) is 12.3 Å². The average Bonchev–Trinajstić information content (AvgIpc) is 2.60. The second-order valence-electron chi connectivity index (χ2n) is 5.20. The number of carbonyl (C=O) groups is 1. The molecule has 1 aliphatic heterocycles. The van der Waals surface area contributed by atoms with Crippen molar-refractivity contribution in [1.82, 2.24) is 9.97 Å². The lowest BCUT2D eigenvalue weighted by atomic mass is 9.88. The minimum absolute atomic E-state index is 0.0342. The number of hydrogen-bond acceptors (Lipinski definition) is 4. The van der Waals surface area contributed by atoms with Crippen LogP contribution in [0.5, 0.6) is 0 Å². The largest absolute Gasteiger partial charge is 0.272 e. The summed E-state index contributed by atoms with van der Waals surface area (Å²) in [4.78, 5) is 20.0. The van der Waals surface area contributed by atoms with Gasteiger partial charge in [0, 0.05) is 17.2 Å². The van der Waals surface area contributed by atoms with E-state index in [1.165, 1.54) is 11.3 Å². The maximum Gasteiger partial charge on any atom is 0.254 e. The zero-order valence-electron chi connectivity index (χ0n) is 10.6. The molecule has 0 saturated carbocycles. The Morgan fingerprint density at radius 1 is 1.29 bits per heavy atom. The number of nitrogens with zero attached hydrogens (tertiary/aromatic N) is 4. The monoisotopic (exact) mass is 232 g/mol. The summed E-state index contributed by atoms with van der Waals surface area (Å²) >= 11 is 0. The van der Waals surface area contributed by atoms with Crippen LogP contribution >= 0.6 is 0 Å². The summed E-state index contributed by atoms with van der Waals surface area (Å²) in [6.07, 6.45) is 1.81. The Kier molecular flexibility index (Phi) is 2.69. The molecule has 90 valence electrons. The van der Waals surface area contributed by atoms with Gasteiger partial charge in [0.05, 0.1) is 12.1 Å². The standard InChI is InChI=1S/C12H16N4O/c1-8-5-10(14-7-13-8)16-11(17)6-9(15-16)12(2,3)4/h5,7H,6H2,1-4H3. The Labute approximate surface area is 101 Å². The molecule has 5 heteroatoms. The van der Waals surface area contributed by atoms with Gasteiger partial charge in [-0.05, 0) is 6.92 Å². The molecule has 2 rings (SSSR count). The van der Waals surface area contributed by atoms with Crippen molar-refractivity contribution in [1.29, 1.82) is 0 Å². The number of carbonyl (C=O) groups excluding carboxylic acids is 1. The van der Waals surface area contributed by atoms with Gasteiger partial charge >= 0.3 is 0 Å². The van der Waals surface area contributed by atoms with Crippen molar-refractivity contribution in [3.8, 4) is 0 Å². The van der Waals surface area contributed by atoms with Gasteiger partial charge in [0.1, 0.15) is 6.33 Å². The molecule has 2 heterocycles. The minimum atomic E-state index is -0.0908. The second kappa shape index (κ2) is 3.91. The fourth-order valence-electron chi connectivity index (χ4n) is 1.58. The lowest BCUT2D eigenvalue weighted by molar-refractivity contribution is -0.117. The Hall–Kier alpha value is -1.78. The van der Waals surface area contributed by atoms with Crippen molar-refractivity contribution in [3.63, 3.8) is 0 Å². The summed E-state index contributed by atoms with van der Waals surface area (Å²) in [5.41, 5.74) is 1.62. The highest BCUT2D eigenvalue weighted by molar-refractivity contribution is 6.14. The number of hydrazone groups is 1. The Balaban J connectivity index is 2.34. The van der Waals surface area contributed by atoms with E-state index < -0.39 is 0 Å². The van der Waals surface area contributed by atoms with E-state index in [0.29, 0.717) is 12.2 Å². The number of anilines is 1. The van der Waals surface area contributed by atoms with Crippen molar-refractivity contribution in [3.05, 3.63) is 18.1 Å². The van der Waals surface area contributed by atoms with Crippen LogP contribution in [0.2, 0.25) is 0 Å². The molecule has 0 bridgehead atoms. The summed E-state index contributed by atoms with van der Waals surface area (Å²) in [6.45, 7) is 8.01. The molecule has 1 aromatic rings. The number of amides is 1. The van der Waals surface area contributed by atoms with Gasteiger partial charge in [-0.25, -0.2) is 9.97 Å². The molecule has 1 aliphatic rings. The molecule has 0 saturated heterocycles. The molecule has 1 aromatic heterocycles. The molecule has 0 N–H and O–H groups in total. The van der Waals surface area contributed by atoms with E-state index in [9.17, 15) is 4.79 Å². The van der Waals surface area contributed by atoms with Crippen LogP contribution in [0.25, 0.3) is 0 Å². The van der Waals surface area contributed by atoms with E-state index in [0.717, 1.165) is 11.4 Å². The summed E-state index contributed by atoms with van der Waals surface area (Å²) in [7, 11) is 0. The van der Waals surface area contributed by atoms with Crippen LogP contribution < -0.4 is 5.01 Å². The molecule has 0 radical (unpaired) electrons. The highest BCUT2D eigenvalue weighted by atomic mass is 16.2. The van der Waals surface area contributed by atoms with Crippen molar-refractivity contribution in [2.45, 2.75) is 34.1 Å². The average molecular weight is 232 g/mol. The van der Waals surface area contributed by atoms with E-state index in [1.54, 1.807) is 6.07 Å². The van der Waals surface area contributed by atoms with Gasteiger partial charge in [0.15, 0.2) is 5.82 Å². The zero-order valence-corrected chi connectivity index (χ0v) is 10.6. The summed E-state index contributed by atoms with van der Waals surface area (Å²) in [5, 5.41) is 5.73. The van der Waals surface area contributed by atoms with Gasteiger partial charge < -0.3 is 0 Å². The third kappa shape index (κ3) is 2.33. The van der Waals surface area contributed by atoms with Crippen LogP contribution in [0.1, 0.15) is 32.9 Å². The fourth-order valence-corrected chi connectivity index (χ4v) is 1.58. The number of hydrogen-bond donors (Lipinski definition) is 0. The van der Waals surface area contributed by atoms with Crippen molar-refractivity contribution < 1.29 is 4.79 Å². The smallest absolute Gasteiger partial charge is 0.254 e. The summed E-state index contributed by atoms with van der Waals surface area (Å²) in [5.74, 6) is 0.509. The van der Waals surface area contributed by atoms with Gasteiger partial charge in [-0.15, -0.1) is 0 Å². The van der Waals surface area contributed by atoms with Crippen molar-refractivity contribution in [2.75, 3.05) is 5.01 Å². The Morgan fingerprint density at radius 3 is 2.53 bits per heavy atom. The molecule has 0 atom stereocenters. The van der Waals surface area contributed by atoms with Gasteiger partial charge in [0.25, 0.3) is 5.91 Å². The summed E-state index contributed by atoms with van der Waals surface area (Å²) in [6, 6.07) is 1.76. The molecular formula is C12H16N4O. The van der Waals surface area contributed by atoms with E-state index in [2.05, 4.69) is 15.1 Å². The maximum atomic E-state index is 11.9. The first-order valence-corrected chi connectivity index (χ1v) is 5.57. The first kappa shape index (κ1) is 11.7. The van der Waals surface area contributed by atoms with Crippen LogP contribution in [0.15, 0.2) is 17.5 Å². The third-order valence-corrected chi connectivity index (χ3v) is 2.65. The second-order valence-corrected chi connectivity index (χ2v) is 5.20. The summed E-state index contributed by atoms with van der Waals surface area (Å²) < 4.78 is 0. The van der Waals surface area contributed by atoms with Crippen molar-refractivity contribution in [2.24, 2.45) is 10.5 Å². The van der Waals surface area contributed by atoms with Crippen LogP contribution in [0.3, 0.4) is 0 Å². The van der Waals surface area contributed by atoms with Crippen LogP contribution in [0.4, 0.5) is 5.82 Å². The molecule has 0 fully saturated rings. The Bertz CT molecular complexity index is 488. The van der Waals surface area contributed by atoms with Crippen LogP contribution in [-0.2, 0) is 4.79 Å². The third-order valence-electron chi connectivity index (χ3n) is 2.65. The molecule has 0 spiro atoms. The van der Waals surface area contributed by atoms with E-state index >= 15 is 0 Å².